The molecular formula is C12H20N4O2. The zero-order valence-electron chi connectivity index (χ0n) is 10.8. The number of amides is 2. The fourth-order valence-corrected chi connectivity index (χ4v) is 2.17. The van der Waals surface area contributed by atoms with Crippen molar-refractivity contribution < 1.29 is 9.90 Å². The monoisotopic (exact) mass is 252 g/mol. The highest BCUT2D eigenvalue weighted by Gasteiger charge is 2.28. The Bertz CT molecular complexity index is 416. The highest BCUT2D eigenvalue weighted by molar-refractivity contribution is 5.89. The molecule has 2 N–H and O–H groups in total. The first-order valence-electron chi connectivity index (χ1n) is 6.34. The van der Waals surface area contributed by atoms with Gasteiger partial charge in [-0.3, -0.25) is 4.68 Å². The number of anilines is 1. The second-order valence-electron chi connectivity index (χ2n) is 4.90. The molecule has 1 aliphatic rings. The van der Waals surface area contributed by atoms with Crippen LogP contribution in [0.3, 0.4) is 0 Å². The van der Waals surface area contributed by atoms with Gasteiger partial charge in [0.15, 0.2) is 0 Å². The van der Waals surface area contributed by atoms with E-state index < -0.39 is 0 Å². The van der Waals surface area contributed by atoms with Gasteiger partial charge in [0.25, 0.3) is 0 Å². The molecule has 1 aromatic heterocycles. The van der Waals surface area contributed by atoms with Crippen LogP contribution in [-0.2, 0) is 0 Å². The number of urea groups is 1. The van der Waals surface area contributed by atoms with E-state index in [2.05, 4.69) is 10.4 Å². The number of rotatable bonds is 3. The second-order valence-corrected chi connectivity index (χ2v) is 4.90. The van der Waals surface area contributed by atoms with Crippen molar-refractivity contribution in [3.05, 3.63) is 12.4 Å². The lowest BCUT2D eigenvalue weighted by Gasteiger charge is -2.22. The molecule has 1 atom stereocenters. The van der Waals surface area contributed by atoms with Crippen LogP contribution in [0.15, 0.2) is 12.4 Å². The van der Waals surface area contributed by atoms with Crippen LogP contribution in [0.4, 0.5) is 10.5 Å². The van der Waals surface area contributed by atoms with Crippen molar-refractivity contribution >= 4 is 11.7 Å². The zero-order chi connectivity index (χ0) is 13.1. The van der Waals surface area contributed by atoms with Gasteiger partial charge < -0.3 is 15.3 Å². The lowest BCUT2D eigenvalue weighted by atomic mass is 10.2. The minimum Gasteiger partial charge on any atom is -0.394 e. The number of nitrogens with zero attached hydrogens (tertiary/aromatic N) is 3. The Hall–Kier alpha value is -1.56. The Balaban J connectivity index is 1.98. The summed E-state index contributed by atoms with van der Waals surface area (Å²) in [5.41, 5.74) is 0.692. The summed E-state index contributed by atoms with van der Waals surface area (Å²) in [5, 5.41) is 16.2. The molecule has 6 nitrogen and oxygen atoms in total. The van der Waals surface area contributed by atoms with Crippen molar-refractivity contribution in [3.63, 3.8) is 0 Å². The van der Waals surface area contributed by atoms with Gasteiger partial charge in [-0.25, -0.2) is 4.79 Å². The van der Waals surface area contributed by atoms with E-state index in [-0.39, 0.29) is 24.7 Å². The topological polar surface area (TPSA) is 70.4 Å². The van der Waals surface area contributed by atoms with E-state index in [1.807, 2.05) is 20.0 Å². The van der Waals surface area contributed by atoms with Crippen molar-refractivity contribution in [2.75, 3.05) is 18.5 Å². The zero-order valence-corrected chi connectivity index (χ0v) is 10.8. The van der Waals surface area contributed by atoms with Crippen LogP contribution < -0.4 is 5.32 Å². The molecule has 1 saturated heterocycles. The van der Waals surface area contributed by atoms with Gasteiger partial charge in [-0.1, -0.05) is 0 Å². The molecule has 2 heterocycles. The Labute approximate surface area is 107 Å². The maximum Gasteiger partial charge on any atom is 0.322 e. The Kier molecular flexibility index (Phi) is 3.86. The number of aliphatic hydroxyl groups excluding tert-OH is 1. The van der Waals surface area contributed by atoms with Gasteiger partial charge in [-0.2, -0.15) is 5.10 Å². The molecule has 0 spiro atoms. The summed E-state index contributed by atoms with van der Waals surface area (Å²) in [6, 6.07) is 0.0626. The molecule has 18 heavy (non-hydrogen) atoms. The summed E-state index contributed by atoms with van der Waals surface area (Å²) in [7, 11) is 0. The third kappa shape index (κ3) is 2.64. The largest absolute Gasteiger partial charge is 0.394 e. The van der Waals surface area contributed by atoms with Crippen LogP contribution in [0.1, 0.15) is 32.7 Å². The summed E-state index contributed by atoms with van der Waals surface area (Å²) in [5.74, 6) is 0. The van der Waals surface area contributed by atoms with E-state index in [1.54, 1.807) is 15.8 Å². The van der Waals surface area contributed by atoms with Crippen molar-refractivity contribution in [1.82, 2.24) is 14.7 Å². The molecule has 1 aliphatic heterocycles. The second kappa shape index (κ2) is 5.39. The molecule has 0 radical (unpaired) electrons. The molecule has 0 aliphatic carbocycles. The Morgan fingerprint density at radius 1 is 1.67 bits per heavy atom. The number of carbonyl (C=O) groups is 1. The van der Waals surface area contributed by atoms with Crippen LogP contribution in [0.2, 0.25) is 0 Å². The summed E-state index contributed by atoms with van der Waals surface area (Å²) in [4.78, 5) is 13.7. The number of nitrogens with one attached hydrogen (secondary N) is 1. The maximum absolute atomic E-state index is 12.0. The quantitative estimate of drug-likeness (QED) is 0.855. The highest BCUT2D eigenvalue weighted by Crippen LogP contribution is 2.18. The first-order chi connectivity index (χ1) is 8.61. The van der Waals surface area contributed by atoms with Crippen molar-refractivity contribution in [1.29, 1.82) is 0 Å². The molecule has 6 heteroatoms. The highest BCUT2D eigenvalue weighted by atomic mass is 16.3. The number of aromatic nitrogens is 2. The van der Waals surface area contributed by atoms with Crippen molar-refractivity contribution in [2.45, 2.75) is 38.8 Å². The van der Waals surface area contributed by atoms with Gasteiger partial charge in [-0.15, -0.1) is 0 Å². The molecule has 1 aromatic rings. The van der Waals surface area contributed by atoms with E-state index >= 15 is 0 Å². The van der Waals surface area contributed by atoms with Crippen LogP contribution in [0.25, 0.3) is 0 Å². The molecule has 2 amide bonds. The van der Waals surface area contributed by atoms with Crippen molar-refractivity contribution in [3.8, 4) is 0 Å². The SMILES string of the molecule is CC(C)n1cc(NC(=O)N2CCCC2CO)cn1. The Morgan fingerprint density at radius 3 is 3.06 bits per heavy atom. The first kappa shape index (κ1) is 12.9. The Morgan fingerprint density at radius 2 is 2.44 bits per heavy atom. The number of hydrogen-bond acceptors (Lipinski definition) is 3. The summed E-state index contributed by atoms with van der Waals surface area (Å²) in [6.45, 7) is 4.79. The van der Waals surface area contributed by atoms with Gasteiger partial charge in [0, 0.05) is 18.8 Å². The predicted octanol–water partition coefficient (Wildman–Crippen LogP) is 1.45. The molecular weight excluding hydrogens is 232 g/mol. The van der Waals surface area contributed by atoms with Gasteiger partial charge in [0.2, 0.25) is 0 Å². The molecule has 0 aromatic carbocycles. The smallest absolute Gasteiger partial charge is 0.322 e. The van der Waals surface area contributed by atoms with E-state index in [0.29, 0.717) is 12.2 Å². The molecule has 1 unspecified atom stereocenters. The molecule has 2 rings (SSSR count). The average molecular weight is 252 g/mol. The summed E-state index contributed by atoms with van der Waals surface area (Å²) in [6.07, 6.45) is 5.27. The maximum atomic E-state index is 12.0. The third-order valence-corrected chi connectivity index (χ3v) is 3.23. The van der Waals surface area contributed by atoms with E-state index in [4.69, 9.17) is 0 Å². The number of hydrogen-bond donors (Lipinski definition) is 2. The van der Waals surface area contributed by atoms with Gasteiger partial charge in [-0.05, 0) is 26.7 Å². The fourth-order valence-electron chi connectivity index (χ4n) is 2.17. The molecule has 0 saturated carbocycles. The van der Waals surface area contributed by atoms with Gasteiger partial charge in [0.05, 0.1) is 24.5 Å². The normalized spacial score (nSPS) is 19.6. The van der Waals surface area contributed by atoms with Gasteiger partial charge >= 0.3 is 6.03 Å². The van der Waals surface area contributed by atoms with Crippen LogP contribution in [-0.4, -0.2) is 45.0 Å². The minimum atomic E-state index is -0.158. The minimum absolute atomic E-state index is 0.0265. The fraction of sp³-hybridized carbons (Fsp3) is 0.667. The molecule has 1 fully saturated rings. The first-order valence-corrected chi connectivity index (χ1v) is 6.34. The standard InChI is InChI=1S/C12H20N4O2/c1-9(2)16-7-10(6-13-16)14-12(18)15-5-3-4-11(15)8-17/h6-7,9,11,17H,3-5,8H2,1-2H3,(H,14,18). The summed E-state index contributed by atoms with van der Waals surface area (Å²) < 4.78 is 1.79. The van der Waals surface area contributed by atoms with Crippen LogP contribution >= 0.6 is 0 Å². The van der Waals surface area contributed by atoms with Crippen molar-refractivity contribution in [2.24, 2.45) is 0 Å². The molecule has 100 valence electrons. The number of aliphatic hydroxyl groups is 1. The van der Waals surface area contributed by atoms with Crippen LogP contribution in [0.5, 0.6) is 0 Å². The van der Waals surface area contributed by atoms with E-state index in [9.17, 15) is 9.90 Å². The summed E-state index contributed by atoms with van der Waals surface area (Å²) >= 11 is 0. The average Bonchev–Trinajstić information content (AvgIpc) is 2.96. The lowest BCUT2D eigenvalue weighted by molar-refractivity contribution is 0.166. The lowest BCUT2D eigenvalue weighted by Crippen LogP contribution is -2.40. The van der Waals surface area contributed by atoms with E-state index in [0.717, 1.165) is 12.8 Å². The molecule has 0 bridgehead atoms. The number of carbonyl (C=O) groups excluding carboxylic acids is 1. The number of likely N-dealkylation sites (tertiary alicyclic amines) is 1. The third-order valence-electron chi connectivity index (χ3n) is 3.23. The van der Waals surface area contributed by atoms with Crippen LogP contribution in [0, 0.1) is 0 Å². The van der Waals surface area contributed by atoms with Gasteiger partial charge in [0.1, 0.15) is 0 Å². The predicted molar refractivity (Wildman–Crippen MR) is 68.4 cm³/mol. The van der Waals surface area contributed by atoms with E-state index in [1.165, 1.54) is 0 Å².